The van der Waals surface area contributed by atoms with Gasteiger partial charge in [-0.05, 0) is 30.7 Å². The van der Waals surface area contributed by atoms with E-state index < -0.39 is 23.7 Å². The first-order chi connectivity index (χ1) is 14.6. The second-order valence-electron chi connectivity index (χ2n) is 6.30. The summed E-state index contributed by atoms with van der Waals surface area (Å²) in [7, 11) is 1.35. The molecule has 0 bridgehead atoms. The molecule has 0 unspecified atom stereocenters. The van der Waals surface area contributed by atoms with Gasteiger partial charge in [-0.2, -0.15) is 18.3 Å². The SMILES string of the molecule is COc1ncc(N(Cc2cc(C(F)(F)F)[nH]n2)C(=O)Nc2cc(C)c(F)c(Cl)c2)cn1. The third-order valence-corrected chi connectivity index (χ3v) is 4.35. The normalized spacial score (nSPS) is 11.3. The fourth-order valence-electron chi connectivity index (χ4n) is 2.58. The van der Waals surface area contributed by atoms with Crippen LogP contribution in [0.1, 0.15) is 17.0 Å². The third kappa shape index (κ3) is 5.20. The van der Waals surface area contributed by atoms with Gasteiger partial charge in [0, 0.05) is 5.69 Å². The number of rotatable bonds is 5. The number of halogens is 5. The number of alkyl halides is 3. The van der Waals surface area contributed by atoms with E-state index >= 15 is 0 Å². The number of ether oxygens (including phenoxy) is 1. The number of anilines is 2. The molecule has 0 aliphatic rings. The summed E-state index contributed by atoms with van der Waals surface area (Å²) in [4.78, 5) is 21.8. The smallest absolute Gasteiger partial charge is 0.432 e. The molecule has 0 fully saturated rings. The number of benzene rings is 1. The zero-order valence-electron chi connectivity index (χ0n) is 16.1. The van der Waals surface area contributed by atoms with Gasteiger partial charge in [-0.15, -0.1) is 0 Å². The van der Waals surface area contributed by atoms with E-state index in [9.17, 15) is 22.4 Å². The monoisotopic (exact) mass is 458 g/mol. The van der Waals surface area contributed by atoms with Gasteiger partial charge in [0.1, 0.15) is 11.5 Å². The molecular formula is C18H15ClF4N6O2. The van der Waals surface area contributed by atoms with E-state index in [1.807, 2.05) is 5.10 Å². The molecule has 0 radical (unpaired) electrons. The van der Waals surface area contributed by atoms with Crippen LogP contribution in [0.2, 0.25) is 5.02 Å². The quantitative estimate of drug-likeness (QED) is 0.546. The summed E-state index contributed by atoms with van der Waals surface area (Å²) >= 11 is 5.81. The molecule has 164 valence electrons. The van der Waals surface area contributed by atoms with Crippen molar-refractivity contribution in [2.75, 3.05) is 17.3 Å². The minimum absolute atomic E-state index is 0.0316. The van der Waals surface area contributed by atoms with Crippen molar-refractivity contribution in [3.8, 4) is 6.01 Å². The van der Waals surface area contributed by atoms with Crippen LogP contribution < -0.4 is 15.0 Å². The maximum Gasteiger partial charge on any atom is 0.432 e. The minimum atomic E-state index is -4.62. The fraction of sp³-hybridized carbons (Fsp3) is 0.222. The first-order valence-corrected chi connectivity index (χ1v) is 8.98. The Bertz CT molecular complexity index is 1060. The van der Waals surface area contributed by atoms with Crippen LogP contribution >= 0.6 is 11.6 Å². The number of aromatic nitrogens is 4. The Morgan fingerprint density at radius 1 is 1.26 bits per heavy atom. The van der Waals surface area contributed by atoms with E-state index in [4.69, 9.17) is 16.3 Å². The molecule has 0 aliphatic carbocycles. The fourth-order valence-corrected chi connectivity index (χ4v) is 2.84. The number of amides is 2. The van der Waals surface area contributed by atoms with Crippen molar-refractivity contribution in [2.24, 2.45) is 0 Å². The van der Waals surface area contributed by atoms with Gasteiger partial charge in [-0.1, -0.05) is 11.6 Å². The topological polar surface area (TPSA) is 96.0 Å². The third-order valence-electron chi connectivity index (χ3n) is 4.07. The van der Waals surface area contributed by atoms with E-state index in [2.05, 4.69) is 20.4 Å². The number of hydrogen-bond donors (Lipinski definition) is 2. The van der Waals surface area contributed by atoms with Gasteiger partial charge in [0.05, 0.1) is 42.5 Å². The molecule has 31 heavy (non-hydrogen) atoms. The molecule has 2 amide bonds. The highest BCUT2D eigenvalue weighted by molar-refractivity contribution is 6.31. The first kappa shape index (κ1) is 22.3. The molecule has 0 saturated carbocycles. The molecule has 3 aromatic rings. The van der Waals surface area contributed by atoms with Crippen molar-refractivity contribution in [1.29, 1.82) is 0 Å². The number of carbonyl (C=O) groups is 1. The van der Waals surface area contributed by atoms with E-state index in [0.29, 0.717) is 0 Å². The summed E-state index contributed by atoms with van der Waals surface area (Å²) in [5.41, 5.74) is -0.586. The van der Waals surface area contributed by atoms with Gasteiger partial charge in [-0.3, -0.25) is 10.00 Å². The molecule has 2 N–H and O–H groups in total. The number of urea groups is 1. The second kappa shape index (κ2) is 8.76. The van der Waals surface area contributed by atoms with Gasteiger partial charge in [0.2, 0.25) is 0 Å². The van der Waals surface area contributed by atoms with Crippen LogP contribution in [0.5, 0.6) is 6.01 Å². The Hall–Kier alpha value is -3.41. The number of hydrogen-bond acceptors (Lipinski definition) is 5. The van der Waals surface area contributed by atoms with E-state index in [1.165, 1.54) is 38.6 Å². The van der Waals surface area contributed by atoms with Crippen molar-refractivity contribution >= 4 is 29.0 Å². The highest BCUT2D eigenvalue weighted by Crippen LogP contribution is 2.29. The lowest BCUT2D eigenvalue weighted by molar-refractivity contribution is -0.141. The number of methoxy groups -OCH3 is 1. The number of nitrogens with one attached hydrogen (secondary N) is 2. The van der Waals surface area contributed by atoms with Crippen molar-refractivity contribution in [1.82, 2.24) is 20.2 Å². The Kier molecular flexibility index (Phi) is 6.29. The Morgan fingerprint density at radius 2 is 1.94 bits per heavy atom. The number of carbonyl (C=O) groups excluding carboxylic acids is 1. The number of nitrogens with zero attached hydrogens (tertiary/aromatic N) is 4. The highest BCUT2D eigenvalue weighted by Gasteiger charge is 2.33. The van der Waals surface area contributed by atoms with E-state index in [1.54, 1.807) is 0 Å². The average Bonchev–Trinajstić information content (AvgIpc) is 3.19. The molecule has 0 spiro atoms. The van der Waals surface area contributed by atoms with Crippen LogP contribution in [-0.4, -0.2) is 33.3 Å². The predicted molar refractivity (Wildman–Crippen MR) is 104 cm³/mol. The molecule has 0 saturated heterocycles. The molecule has 8 nitrogen and oxygen atoms in total. The molecule has 2 heterocycles. The lowest BCUT2D eigenvalue weighted by atomic mass is 10.2. The van der Waals surface area contributed by atoms with E-state index in [0.717, 1.165) is 11.0 Å². The summed E-state index contributed by atoms with van der Waals surface area (Å²) in [6.07, 6.45) is -2.11. The Morgan fingerprint density at radius 3 is 2.48 bits per heavy atom. The maximum absolute atomic E-state index is 13.7. The van der Waals surface area contributed by atoms with Crippen LogP contribution in [0.25, 0.3) is 0 Å². The summed E-state index contributed by atoms with van der Waals surface area (Å²) in [6, 6.07) is 2.62. The van der Waals surface area contributed by atoms with Crippen LogP contribution in [0, 0.1) is 12.7 Å². The van der Waals surface area contributed by atoms with Crippen molar-refractivity contribution in [2.45, 2.75) is 19.6 Å². The molecular weight excluding hydrogens is 444 g/mol. The number of aromatic amines is 1. The van der Waals surface area contributed by atoms with Gasteiger partial charge < -0.3 is 10.1 Å². The Labute approximate surface area is 178 Å². The van der Waals surface area contributed by atoms with Gasteiger partial charge in [0.25, 0.3) is 0 Å². The average molecular weight is 459 g/mol. The standard InChI is InChI=1S/C18H15ClF4N6O2/c1-9-3-10(4-13(19)15(9)20)26-17(30)29(12-6-24-16(31-2)25-7-12)8-11-5-14(28-27-11)18(21,22)23/h3-7H,8H2,1-2H3,(H,26,30)(H,27,28). The van der Waals surface area contributed by atoms with Gasteiger partial charge >= 0.3 is 18.2 Å². The zero-order valence-corrected chi connectivity index (χ0v) is 16.8. The number of H-pyrrole nitrogens is 1. The van der Waals surface area contributed by atoms with Crippen LogP contribution in [0.15, 0.2) is 30.6 Å². The van der Waals surface area contributed by atoms with Crippen LogP contribution in [0.3, 0.4) is 0 Å². The van der Waals surface area contributed by atoms with Crippen LogP contribution in [-0.2, 0) is 12.7 Å². The minimum Gasteiger partial charge on any atom is -0.467 e. The molecule has 0 aliphatic heterocycles. The lowest BCUT2D eigenvalue weighted by Gasteiger charge is -2.22. The lowest BCUT2D eigenvalue weighted by Crippen LogP contribution is -2.35. The molecule has 13 heteroatoms. The highest BCUT2D eigenvalue weighted by atomic mass is 35.5. The van der Waals surface area contributed by atoms with Crippen molar-refractivity contribution in [3.63, 3.8) is 0 Å². The Balaban J connectivity index is 1.91. The van der Waals surface area contributed by atoms with Crippen LogP contribution in [0.4, 0.5) is 33.7 Å². The summed E-state index contributed by atoms with van der Waals surface area (Å²) in [5, 5.41) is 7.82. The second-order valence-corrected chi connectivity index (χ2v) is 6.71. The maximum atomic E-state index is 13.7. The molecule has 1 aromatic carbocycles. The van der Waals surface area contributed by atoms with Crippen molar-refractivity contribution < 1.29 is 27.1 Å². The van der Waals surface area contributed by atoms with Gasteiger partial charge in [-0.25, -0.2) is 19.2 Å². The van der Waals surface area contributed by atoms with E-state index in [-0.39, 0.29) is 40.2 Å². The molecule has 3 rings (SSSR count). The summed E-state index contributed by atoms with van der Waals surface area (Å²) < 4.78 is 57.2. The largest absolute Gasteiger partial charge is 0.467 e. The zero-order chi connectivity index (χ0) is 22.8. The number of aryl methyl sites for hydroxylation is 1. The predicted octanol–water partition coefficient (Wildman–Crippen LogP) is 4.57. The molecule has 2 aromatic heterocycles. The van der Waals surface area contributed by atoms with Crippen molar-refractivity contribution in [3.05, 3.63) is 58.4 Å². The van der Waals surface area contributed by atoms with Gasteiger partial charge in [0.15, 0.2) is 0 Å². The summed E-state index contributed by atoms with van der Waals surface area (Å²) in [6.45, 7) is 1.12. The molecule has 0 atom stereocenters. The summed E-state index contributed by atoms with van der Waals surface area (Å²) in [5.74, 6) is -0.628. The first-order valence-electron chi connectivity index (χ1n) is 8.60.